The number of rotatable bonds is 6. The van der Waals surface area contributed by atoms with Crippen molar-refractivity contribution in [2.45, 2.75) is 58.7 Å². The van der Waals surface area contributed by atoms with Crippen LogP contribution in [0.2, 0.25) is 0 Å². The van der Waals surface area contributed by atoms with E-state index in [1.54, 1.807) is 0 Å². The van der Waals surface area contributed by atoms with Crippen LogP contribution in [0.1, 0.15) is 62.5 Å². The van der Waals surface area contributed by atoms with Gasteiger partial charge in [-0.1, -0.05) is 43.3 Å². The van der Waals surface area contributed by atoms with Crippen LogP contribution >= 0.6 is 0 Å². The second-order valence-electron chi connectivity index (χ2n) is 8.98. The van der Waals surface area contributed by atoms with Gasteiger partial charge in [-0.2, -0.15) is 0 Å². The zero-order chi connectivity index (χ0) is 24.2. The maximum Gasteiger partial charge on any atom is 0.258 e. The molecule has 5 heteroatoms. The van der Waals surface area contributed by atoms with Gasteiger partial charge in [0.25, 0.3) is 5.91 Å². The smallest absolute Gasteiger partial charge is 0.258 e. The largest absolute Gasteiger partial charge is 0.491 e. The van der Waals surface area contributed by atoms with E-state index < -0.39 is 0 Å². The summed E-state index contributed by atoms with van der Waals surface area (Å²) in [6, 6.07) is 24.8. The van der Waals surface area contributed by atoms with Gasteiger partial charge >= 0.3 is 0 Å². The number of anilines is 2. The molecule has 0 aromatic heterocycles. The minimum Gasteiger partial charge on any atom is -0.491 e. The van der Waals surface area contributed by atoms with E-state index in [1.807, 2.05) is 109 Å². The minimum absolute atomic E-state index is 0.0532. The predicted molar refractivity (Wildman–Crippen MR) is 136 cm³/mol. The Bertz CT molecular complexity index is 1140. The fourth-order valence-corrected chi connectivity index (χ4v) is 4.68. The van der Waals surface area contributed by atoms with Gasteiger partial charge in [-0.05, 0) is 75.2 Å². The molecule has 0 saturated carbocycles. The van der Waals surface area contributed by atoms with E-state index in [0.717, 1.165) is 22.7 Å². The third-order valence-electron chi connectivity index (χ3n) is 6.17. The summed E-state index contributed by atoms with van der Waals surface area (Å²) in [6.07, 6.45) is 1.14. The number of ether oxygens (including phenoxy) is 1. The maximum atomic E-state index is 13.6. The highest BCUT2D eigenvalue weighted by molar-refractivity contribution is 6.07. The zero-order valence-corrected chi connectivity index (χ0v) is 20.3. The number of carbonyl (C=O) groups is 2. The van der Waals surface area contributed by atoms with Crippen molar-refractivity contribution < 1.29 is 14.3 Å². The lowest BCUT2D eigenvalue weighted by atomic mass is 9.89. The molecule has 0 fully saturated rings. The van der Waals surface area contributed by atoms with Crippen LogP contribution in [0.15, 0.2) is 78.9 Å². The van der Waals surface area contributed by atoms with Crippen molar-refractivity contribution in [3.63, 3.8) is 0 Å². The van der Waals surface area contributed by atoms with Gasteiger partial charge in [-0.3, -0.25) is 9.59 Å². The van der Waals surface area contributed by atoms with Gasteiger partial charge in [-0.25, -0.2) is 0 Å². The van der Waals surface area contributed by atoms with Gasteiger partial charge < -0.3 is 14.5 Å². The Balaban J connectivity index is 1.71. The highest BCUT2D eigenvalue weighted by Gasteiger charge is 2.38. The highest BCUT2D eigenvalue weighted by atomic mass is 16.5. The lowest BCUT2D eigenvalue weighted by molar-refractivity contribution is -0.118. The summed E-state index contributed by atoms with van der Waals surface area (Å²) in [5.74, 6) is 0.761. The number of hydrogen-bond donors (Lipinski definition) is 0. The quantitative estimate of drug-likeness (QED) is 0.431. The molecule has 0 spiro atoms. The van der Waals surface area contributed by atoms with Gasteiger partial charge in [0.2, 0.25) is 5.91 Å². The van der Waals surface area contributed by atoms with Crippen LogP contribution in [0.4, 0.5) is 11.4 Å². The molecule has 0 aliphatic carbocycles. The molecule has 0 N–H and O–H groups in total. The Morgan fingerprint density at radius 3 is 2.26 bits per heavy atom. The SMILES string of the molecule is CCC(=O)N(c1ccccc1)C1CC(C)N(C(=O)c2ccc(OC(C)C)cc2)c2ccccc21. The lowest BCUT2D eigenvalue weighted by Crippen LogP contribution is -2.47. The first-order valence-corrected chi connectivity index (χ1v) is 12.0. The molecule has 4 rings (SSSR count). The average molecular weight is 457 g/mol. The van der Waals surface area contributed by atoms with Gasteiger partial charge in [0.15, 0.2) is 0 Å². The Labute approximate surface area is 202 Å². The summed E-state index contributed by atoms with van der Waals surface area (Å²) in [4.78, 5) is 30.5. The summed E-state index contributed by atoms with van der Waals surface area (Å²) >= 11 is 0. The molecule has 2 amide bonds. The molecule has 1 heterocycles. The highest BCUT2D eigenvalue weighted by Crippen LogP contribution is 2.43. The van der Waals surface area contributed by atoms with E-state index in [-0.39, 0.29) is 30.0 Å². The number of nitrogens with zero attached hydrogens (tertiary/aromatic N) is 2. The van der Waals surface area contributed by atoms with Crippen molar-refractivity contribution in [2.24, 2.45) is 0 Å². The summed E-state index contributed by atoms with van der Waals surface area (Å²) < 4.78 is 5.72. The van der Waals surface area contributed by atoms with Crippen molar-refractivity contribution >= 4 is 23.2 Å². The van der Waals surface area contributed by atoms with Crippen molar-refractivity contribution in [3.8, 4) is 5.75 Å². The summed E-state index contributed by atoms with van der Waals surface area (Å²) in [6.45, 7) is 7.89. The third-order valence-corrected chi connectivity index (χ3v) is 6.17. The third kappa shape index (κ3) is 4.69. The zero-order valence-electron chi connectivity index (χ0n) is 20.3. The van der Waals surface area contributed by atoms with Crippen LogP contribution < -0.4 is 14.5 Å². The number of carbonyl (C=O) groups excluding carboxylic acids is 2. The molecule has 3 aromatic carbocycles. The van der Waals surface area contributed by atoms with Crippen LogP contribution in [0.25, 0.3) is 0 Å². The normalized spacial score (nSPS) is 17.3. The first kappa shape index (κ1) is 23.6. The molecule has 0 saturated heterocycles. The van der Waals surface area contributed by atoms with Crippen LogP contribution in [-0.2, 0) is 4.79 Å². The molecule has 34 heavy (non-hydrogen) atoms. The summed E-state index contributed by atoms with van der Waals surface area (Å²) in [7, 11) is 0. The molecule has 3 aromatic rings. The molecular weight excluding hydrogens is 424 g/mol. The van der Waals surface area contributed by atoms with E-state index in [0.29, 0.717) is 18.4 Å². The Hall–Kier alpha value is -3.60. The molecule has 2 atom stereocenters. The van der Waals surface area contributed by atoms with E-state index in [4.69, 9.17) is 4.74 Å². The minimum atomic E-state index is -0.146. The summed E-state index contributed by atoms with van der Waals surface area (Å²) in [5.41, 5.74) is 3.32. The first-order chi connectivity index (χ1) is 16.4. The van der Waals surface area contributed by atoms with Crippen molar-refractivity contribution in [1.82, 2.24) is 0 Å². The van der Waals surface area contributed by atoms with Gasteiger partial charge in [0.1, 0.15) is 5.75 Å². The fraction of sp³-hybridized carbons (Fsp3) is 0.310. The molecule has 0 radical (unpaired) electrons. The number of amides is 2. The van der Waals surface area contributed by atoms with Crippen LogP contribution in [0.3, 0.4) is 0 Å². The number of para-hydroxylation sites is 2. The molecule has 1 aliphatic rings. The fourth-order valence-electron chi connectivity index (χ4n) is 4.68. The van der Waals surface area contributed by atoms with Crippen molar-refractivity contribution in [3.05, 3.63) is 90.0 Å². The van der Waals surface area contributed by atoms with Crippen molar-refractivity contribution in [1.29, 1.82) is 0 Å². The Kier molecular flexibility index (Phi) is 7.01. The molecular formula is C29H32N2O3. The van der Waals surface area contributed by atoms with Crippen LogP contribution in [0, 0.1) is 0 Å². The topological polar surface area (TPSA) is 49.9 Å². The number of benzene rings is 3. The van der Waals surface area contributed by atoms with Crippen molar-refractivity contribution in [2.75, 3.05) is 9.80 Å². The van der Waals surface area contributed by atoms with E-state index in [1.165, 1.54) is 0 Å². The van der Waals surface area contributed by atoms with Gasteiger partial charge in [-0.15, -0.1) is 0 Å². The standard InChI is InChI=1S/C29H32N2O3/c1-5-28(32)31(23-11-7-6-8-12-23)27-19-21(4)30(26-14-10-9-13-25(26)27)29(33)22-15-17-24(18-16-22)34-20(2)3/h6-18,20-21,27H,5,19H2,1-4H3. The first-order valence-electron chi connectivity index (χ1n) is 12.0. The predicted octanol–water partition coefficient (Wildman–Crippen LogP) is 6.40. The van der Waals surface area contributed by atoms with Crippen LogP contribution in [-0.4, -0.2) is 24.0 Å². The van der Waals surface area contributed by atoms with E-state index >= 15 is 0 Å². The van der Waals surface area contributed by atoms with E-state index in [2.05, 4.69) is 6.92 Å². The monoisotopic (exact) mass is 456 g/mol. The molecule has 1 aliphatic heterocycles. The van der Waals surface area contributed by atoms with Gasteiger partial charge in [0, 0.05) is 29.4 Å². The molecule has 176 valence electrons. The van der Waals surface area contributed by atoms with Gasteiger partial charge in [0.05, 0.1) is 12.1 Å². The summed E-state index contributed by atoms with van der Waals surface area (Å²) in [5, 5.41) is 0. The molecule has 0 bridgehead atoms. The number of fused-ring (bicyclic) bond motifs is 1. The number of hydrogen-bond acceptors (Lipinski definition) is 3. The maximum absolute atomic E-state index is 13.6. The second-order valence-corrected chi connectivity index (χ2v) is 8.98. The Morgan fingerprint density at radius 2 is 1.62 bits per heavy atom. The van der Waals surface area contributed by atoms with E-state index in [9.17, 15) is 9.59 Å². The second kappa shape index (κ2) is 10.1. The molecule has 2 unspecified atom stereocenters. The average Bonchev–Trinajstić information content (AvgIpc) is 2.84. The van der Waals surface area contributed by atoms with Crippen LogP contribution in [0.5, 0.6) is 5.75 Å². The molecule has 5 nitrogen and oxygen atoms in total. The lowest BCUT2D eigenvalue weighted by Gasteiger charge is -2.43. The Morgan fingerprint density at radius 1 is 0.971 bits per heavy atom.